The summed E-state index contributed by atoms with van der Waals surface area (Å²) in [5, 5.41) is 5.79. The predicted octanol–water partition coefficient (Wildman–Crippen LogP) is 5.37. The minimum atomic E-state index is -0.704. The summed E-state index contributed by atoms with van der Waals surface area (Å²) in [4.78, 5) is 8.83. The Morgan fingerprint density at radius 1 is 0.857 bits per heavy atom. The monoisotopic (exact) mass is 378 g/mol. The van der Waals surface area contributed by atoms with Crippen LogP contribution in [0.15, 0.2) is 77.4 Å². The molecule has 140 valence electrons. The van der Waals surface area contributed by atoms with Crippen LogP contribution in [0, 0.1) is 11.6 Å². The van der Waals surface area contributed by atoms with Gasteiger partial charge in [-0.15, -0.1) is 0 Å². The zero-order chi connectivity index (χ0) is 19.3. The van der Waals surface area contributed by atoms with Gasteiger partial charge in [-0.2, -0.15) is 4.98 Å². The van der Waals surface area contributed by atoms with E-state index < -0.39 is 11.6 Å². The maximum Gasteiger partial charge on any atom is 0.225 e. The van der Waals surface area contributed by atoms with Crippen LogP contribution in [-0.2, 0) is 6.54 Å². The lowest BCUT2D eigenvalue weighted by atomic mass is 10.1. The third kappa shape index (κ3) is 3.98. The van der Waals surface area contributed by atoms with Crippen molar-refractivity contribution in [2.45, 2.75) is 6.54 Å². The Bertz CT molecular complexity index is 1050. The summed E-state index contributed by atoms with van der Waals surface area (Å²) >= 11 is 0. The fourth-order valence-corrected chi connectivity index (χ4v) is 2.67. The number of hydrogen-bond acceptors (Lipinski definition) is 5. The second-order valence-corrected chi connectivity index (χ2v) is 5.98. The fourth-order valence-electron chi connectivity index (χ4n) is 2.67. The van der Waals surface area contributed by atoms with Gasteiger partial charge in [0.1, 0.15) is 28.9 Å². The molecule has 0 radical (unpaired) electrons. The second-order valence-electron chi connectivity index (χ2n) is 5.98. The van der Waals surface area contributed by atoms with Crippen molar-refractivity contribution in [3.8, 4) is 11.3 Å². The van der Waals surface area contributed by atoms with Crippen LogP contribution in [0.5, 0.6) is 0 Å². The molecule has 0 bridgehead atoms. The van der Waals surface area contributed by atoms with Gasteiger partial charge in [0.25, 0.3) is 0 Å². The molecule has 0 aliphatic rings. The largest absolute Gasteiger partial charge is 0.467 e. The van der Waals surface area contributed by atoms with Crippen molar-refractivity contribution < 1.29 is 13.2 Å². The summed E-state index contributed by atoms with van der Waals surface area (Å²) in [7, 11) is 0. The van der Waals surface area contributed by atoms with Crippen LogP contribution < -0.4 is 10.6 Å². The van der Waals surface area contributed by atoms with Crippen molar-refractivity contribution in [3.05, 3.63) is 90.4 Å². The molecule has 2 heterocycles. The van der Waals surface area contributed by atoms with Gasteiger partial charge in [0, 0.05) is 11.6 Å². The molecule has 5 nitrogen and oxygen atoms in total. The van der Waals surface area contributed by atoms with Gasteiger partial charge >= 0.3 is 0 Å². The lowest BCUT2D eigenvalue weighted by Gasteiger charge is -2.12. The summed E-state index contributed by atoms with van der Waals surface area (Å²) in [6, 6.07) is 18.4. The van der Waals surface area contributed by atoms with Gasteiger partial charge in [-0.3, -0.25) is 0 Å². The van der Waals surface area contributed by atoms with E-state index in [0.717, 1.165) is 5.56 Å². The Hall–Kier alpha value is -3.74. The van der Waals surface area contributed by atoms with E-state index in [4.69, 9.17) is 4.42 Å². The Morgan fingerprint density at radius 3 is 2.36 bits per heavy atom. The minimum Gasteiger partial charge on any atom is -0.467 e. The van der Waals surface area contributed by atoms with Crippen LogP contribution in [0.2, 0.25) is 0 Å². The van der Waals surface area contributed by atoms with Gasteiger partial charge in [-0.25, -0.2) is 13.8 Å². The number of rotatable bonds is 6. The number of halogens is 2. The molecular weight excluding hydrogens is 362 g/mol. The topological polar surface area (TPSA) is 63.0 Å². The normalized spacial score (nSPS) is 10.6. The minimum absolute atomic E-state index is 0.264. The Labute approximate surface area is 160 Å². The SMILES string of the molecule is Fc1cccc(F)c1Nc1cc(-c2ccccc2)nc(NCc2ccco2)n1. The molecule has 4 rings (SSSR count). The van der Waals surface area contributed by atoms with Crippen LogP contribution in [0.25, 0.3) is 11.3 Å². The summed E-state index contributed by atoms with van der Waals surface area (Å²) in [6.07, 6.45) is 1.58. The van der Waals surface area contributed by atoms with Crippen LogP contribution in [0.1, 0.15) is 5.76 Å². The summed E-state index contributed by atoms with van der Waals surface area (Å²) in [5.74, 6) is -0.130. The van der Waals surface area contributed by atoms with Gasteiger partial charge in [-0.05, 0) is 24.3 Å². The molecule has 0 aliphatic heterocycles. The summed E-state index contributed by atoms with van der Waals surface area (Å²) in [5.41, 5.74) is 1.19. The van der Waals surface area contributed by atoms with E-state index in [1.807, 2.05) is 36.4 Å². The van der Waals surface area contributed by atoms with Crippen LogP contribution in [0.4, 0.5) is 26.2 Å². The molecule has 0 aliphatic carbocycles. The third-order valence-corrected chi connectivity index (χ3v) is 4.01. The Kier molecular flexibility index (Phi) is 4.97. The van der Waals surface area contributed by atoms with Gasteiger partial charge < -0.3 is 15.1 Å². The number of para-hydroxylation sites is 1. The molecular formula is C21H16F2N4O. The highest BCUT2D eigenvalue weighted by atomic mass is 19.1. The van der Waals surface area contributed by atoms with Crippen molar-refractivity contribution in [1.29, 1.82) is 0 Å². The average Bonchev–Trinajstić information content (AvgIpc) is 3.24. The van der Waals surface area contributed by atoms with E-state index in [1.165, 1.54) is 18.2 Å². The summed E-state index contributed by atoms with van der Waals surface area (Å²) < 4.78 is 33.3. The van der Waals surface area contributed by atoms with E-state index in [9.17, 15) is 8.78 Å². The standard InChI is InChI=1S/C21H16F2N4O/c22-16-9-4-10-17(23)20(16)26-19-12-18(14-6-2-1-3-7-14)25-21(27-19)24-13-15-8-5-11-28-15/h1-12H,13H2,(H2,24,25,26,27). The highest BCUT2D eigenvalue weighted by Crippen LogP contribution is 2.26. The number of hydrogen-bond donors (Lipinski definition) is 2. The third-order valence-electron chi connectivity index (χ3n) is 4.01. The number of aromatic nitrogens is 2. The van der Waals surface area contributed by atoms with E-state index in [2.05, 4.69) is 20.6 Å². The number of nitrogens with zero attached hydrogens (tertiary/aromatic N) is 2. The number of benzene rings is 2. The first-order valence-electron chi connectivity index (χ1n) is 8.61. The van der Waals surface area contributed by atoms with Crippen molar-refractivity contribution in [3.63, 3.8) is 0 Å². The molecule has 2 aromatic heterocycles. The summed E-state index contributed by atoms with van der Waals surface area (Å²) in [6.45, 7) is 0.374. The predicted molar refractivity (Wildman–Crippen MR) is 103 cm³/mol. The van der Waals surface area contributed by atoms with E-state index in [1.54, 1.807) is 18.4 Å². The van der Waals surface area contributed by atoms with E-state index >= 15 is 0 Å². The van der Waals surface area contributed by atoms with Gasteiger partial charge in [0.15, 0.2) is 0 Å². The Morgan fingerprint density at radius 2 is 1.64 bits per heavy atom. The molecule has 0 amide bonds. The molecule has 0 unspecified atom stereocenters. The fraction of sp³-hybridized carbons (Fsp3) is 0.0476. The first-order chi connectivity index (χ1) is 13.7. The molecule has 7 heteroatoms. The molecule has 0 saturated heterocycles. The van der Waals surface area contributed by atoms with Crippen molar-refractivity contribution in [2.24, 2.45) is 0 Å². The highest BCUT2D eigenvalue weighted by Gasteiger charge is 2.12. The first-order valence-corrected chi connectivity index (χ1v) is 8.61. The molecule has 0 fully saturated rings. The molecule has 28 heavy (non-hydrogen) atoms. The number of anilines is 3. The van der Waals surface area contributed by atoms with Crippen LogP contribution in [0.3, 0.4) is 0 Å². The average molecular weight is 378 g/mol. The molecule has 0 atom stereocenters. The maximum absolute atomic E-state index is 14.0. The Balaban J connectivity index is 1.69. The molecule has 4 aromatic rings. The van der Waals surface area contributed by atoms with Gasteiger partial charge in [0.05, 0.1) is 18.5 Å². The molecule has 2 N–H and O–H groups in total. The lowest BCUT2D eigenvalue weighted by molar-refractivity contribution is 0.517. The molecule has 0 saturated carbocycles. The van der Waals surface area contributed by atoms with Crippen LogP contribution >= 0.6 is 0 Å². The molecule has 2 aromatic carbocycles. The van der Waals surface area contributed by atoms with Crippen molar-refractivity contribution in [2.75, 3.05) is 10.6 Å². The van der Waals surface area contributed by atoms with Crippen molar-refractivity contribution in [1.82, 2.24) is 9.97 Å². The quantitative estimate of drug-likeness (QED) is 0.472. The number of furan rings is 1. The van der Waals surface area contributed by atoms with E-state index in [-0.39, 0.29) is 11.5 Å². The maximum atomic E-state index is 14.0. The number of nitrogens with one attached hydrogen (secondary N) is 2. The van der Waals surface area contributed by atoms with Crippen molar-refractivity contribution >= 4 is 17.5 Å². The smallest absolute Gasteiger partial charge is 0.225 e. The first kappa shape index (κ1) is 17.7. The van der Waals surface area contributed by atoms with E-state index in [0.29, 0.717) is 23.9 Å². The zero-order valence-electron chi connectivity index (χ0n) is 14.7. The van der Waals surface area contributed by atoms with Gasteiger partial charge in [0.2, 0.25) is 5.95 Å². The molecule has 0 spiro atoms. The second kappa shape index (κ2) is 7.87. The van der Waals surface area contributed by atoms with Crippen LogP contribution in [-0.4, -0.2) is 9.97 Å². The highest BCUT2D eigenvalue weighted by molar-refractivity contribution is 5.67. The zero-order valence-corrected chi connectivity index (χ0v) is 14.7. The van der Waals surface area contributed by atoms with Gasteiger partial charge in [-0.1, -0.05) is 36.4 Å². The lowest BCUT2D eigenvalue weighted by Crippen LogP contribution is -2.07.